The molecule has 69 valence electrons. The summed E-state index contributed by atoms with van der Waals surface area (Å²) in [5, 5.41) is 0. The van der Waals surface area contributed by atoms with Crippen molar-refractivity contribution < 1.29 is 4.79 Å². The molecule has 12 heavy (non-hydrogen) atoms. The number of rotatable bonds is 4. The number of nitrogens with zero attached hydrogens (tertiary/aromatic N) is 1. The standard InChI is InChI=1S/C9H17N2O/c10-5-4-9(12)8-11-6-2-1-3-7-11/h1H,2-8,10H2. The maximum absolute atomic E-state index is 11.2. The van der Waals surface area contributed by atoms with Crippen LogP contribution in [0.5, 0.6) is 0 Å². The quantitative estimate of drug-likeness (QED) is 0.654. The molecule has 1 rings (SSSR count). The highest BCUT2D eigenvalue weighted by Gasteiger charge is 2.12. The van der Waals surface area contributed by atoms with Gasteiger partial charge in [-0.2, -0.15) is 0 Å². The van der Waals surface area contributed by atoms with Gasteiger partial charge in [-0.15, -0.1) is 0 Å². The van der Waals surface area contributed by atoms with Crippen LogP contribution < -0.4 is 5.73 Å². The van der Waals surface area contributed by atoms with Gasteiger partial charge in [0.05, 0.1) is 6.54 Å². The Kier molecular flexibility index (Phi) is 4.25. The molecule has 0 unspecified atom stereocenters. The second kappa shape index (κ2) is 5.27. The molecule has 0 aromatic rings. The Morgan fingerprint density at radius 1 is 1.42 bits per heavy atom. The maximum Gasteiger partial charge on any atom is 0.148 e. The first-order valence-electron chi connectivity index (χ1n) is 4.58. The van der Waals surface area contributed by atoms with Gasteiger partial charge in [-0.1, -0.05) is 0 Å². The lowest BCUT2D eigenvalue weighted by Gasteiger charge is -2.25. The fourth-order valence-corrected chi connectivity index (χ4v) is 1.45. The number of likely N-dealkylation sites (tertiary alicyclic amines) is 1. The van der Waals surface area contributed by atoms with E-state index in [0.29, 0.717) is 19.5 Å². The summed E-state index contributed by atoms with van der Waals surface area (Å²) in [6, 6.07) is 0. The predicted molar refractivity (Wildman–Crippen MR) is 48.7 cm³/mol. The Morgan fingerprint density at radius 2 is 2.08 bits per heavy atom. The Balaban J connectivity index is 2.15. The number of carbonyl (C=O) groups excluding carboxylic acids is 1. The molecular weight excluding hydrogens is 152 g/mol. The van der Waals surface area contributed by atoms with Crippen LogP contribution in [0, 0.1) is 6.42 Å². The Labute approximate surface area is 73.9 Å². The molecule has 0 bridgehead atoms. The van der Waals surface area contributed by atoms with Gasteiger partial charge in [-0.3, -0.25) is 9.69 Å². The van der Waals surface area contributed by atoms with E-state index < -0.39 is 0 Å². The fraction of sp³-hybridized carbons (Fsp3) is 0.778. The molecule has 0 amide bonds. The van der Waals surface area contributed by atoms with Crippen LogP contribution in [0.3, 0.4) is 0 Å². The minimum atomic E-state index is 0.277. The van der Waals surface area contributed by atoms with Crippen LogP contribution in [0.15, 0.2) is 0 Å². The molecule has 1 heterocycles. The molecular formula is C9H17N2O. The molecule has 0 aliphatic carbocycles. The Hall–Kier alpha value is -0.410. The largest absolute Gasteiger partial charge is 0.330 e. The summed E-state index contributed by atoms with van der Waals surface area (Å²) in [5.74, 6) is 0.277. The van der Waals surface area contributed by atoms with Crippen LogP contribution >= 0.6 is 0 Å². The first-order chi connectivity index (χ1) is 5.83. The number of hydrogen-bond acceptors (Lipinski definition) is 3. The summed E-state index contributed by atoms with van der Waals surface area (Å²) < 4.78 is 0. The summed E-state index contributed by atoms with van der Waals surface area (Å²) >= 11 is 0. The van der Waals surface area contributed by atoms with Gasteiger partial charge in [0, 0.05) is 6.42 Å². The summed E-state index contributed by atoms with van der Waals surface area (Å²) in [4.78, 5) is 13.4. The summed E-state index contributed by atoms with van der Waals surface area (Å²) in [6.07, 6.45) is 5.05. The highest BCUT2D eigenvalue weighted by molar-refractivity contribution is 5.80. The van der Waals surface area contributed by atoms with Crippen molar-refractivity contribution in [3.05, 3.63) is 6.42 Å². The average Bonchev–Trinajstić information content (AvgIpc) is 2.06. The van der Waals surface area contributed by atoms with Crippen LogP contribution in [0.25, 0.3) is 0 Å². The third-order valence-electron chi connectivity index (χ3n) is 2.12. The number of piperidine rings is 1. The smallest absolute Gasteiger partial charge is 0.148 e. The van der Waals surface area contributed by atoms with Crippen molar-refractivity contribution in [1.82, 2.24) is 4.90 Å². The zero-order valence-corrected chi connectivity index (χ0v) is 7.46. The second-order valence-electron chi connectivity index (χ2n) is 3.22. The van der Waals surface area contributed by atoms with E-state index in [1.54, 1.807) is 0 Å². The molecule has 1 fully saturated rings. The number of hydrogen-bond donors (Lipinski definition) is 1. The molecule has 1 saturated heterocycles. The zero-order chi connectivity index (χ0) is 8.81. The average molecular weight is 169 g/mol. The predicted octanol–water partition coefficient (Wildman–Crippen LogP) is 0.204. The van der Waals surface area contributed by atoms with Crippen molar-refractivity contribution >= 4 is 5.78 Å². The fourth-order valence-electron chi connectivity index (χ4n) is 1.45. The van der Waals surface area contributed by atoms with E-state index in [1.165, 1.54) is 0 Å². The van der Waals surface area contributed by atoms with Gasteiger partial charge in [0.15, 0.2) is 0 Å². The van der Waals surface area contributed by atoms with Gasteiger partial charge in [0.25, 0.3) is 0 Å². The second-order valence-corrected chi connectivity index (χ2v) is 3.22. The molecule has 0 spiro atoms. The van der Waals surface area contributed by atoms with E-state index in [1.807, 2.05) is 0 Å². The third kappa shape index (κ3) is 3.32. The zero-order valence-electron chi connectivity index (χ0n) is 7.46. The van der Waals surface area contributed by atoms with Crippen molar-refractivity contribution in [3.8, 4) is 0 Å². The molecule has 1 aliphatic rings. The summed E-state index contributed by atoms with van der Waals surface area (Å²) in [6.45, 7) is 3.16. The van der Waals surface area contributed by atoms with Crippen LogP contribution in [0.4, 0.5) is 0 Å². The van der Waals surface area contributed by atoms with Crippen molar-refractivity contribution in [2.24, 2.45) is 5.73 Å². The molecule has 0 aromatic heterocycles. The van der Waals surface area contributed by atoms with E-state index >= 15 is 0 Å². The molecule has 1 radical (unpaired) electrons. The number of nitrogens with two attached hydrogens (primary N) is 1. The van der Waals surface area contributed by atoms with Crippen molar-refractivity contribution in [1.29, 1.82) is 0 Å². The minimum absolute atomic E-state index is 0.277. The van der Waals surface area contributed by atoms with Crippen molar-refractivity contribution in [2.45, 2.75) is 19.3 Å². The van der Waals surface area contributed by atoms with E-state index in [-0.39, 0.29) is 5.78 Å². The highest BCUT2D eigenvalue weighted by Crippen LogP contribution is 2.06. The van der Waals surface area contributed by atoms with Crippen LogP contribution in [0.1, 0.15) is 19.3 Å². The van der Waals surface area contributed by atoms with Crippen molar-refractivity contribution in [2.75, 3.05) is 26.2 Å². The van der Waals surface area contributed by atoms with Crippen LogP contribution in [0.2, 0.25) is 0 Å². The number of ketones is 1. The SMILES string of the molecule is NCCC(=O)CN1CC[CH]CC1. The molecule has 0 saturated carbocycles. The summed E-state index contributed by atoms with van der Waals surface area (Å²) in [5.41, 5.74) is 5.29. The van der Waals surface area contributed by atoms with Crippen LogP contribution in [-0.2, 0) is 4.79 Å². The van der Waals surface area contributed by atoms with Gasteiger partial charge in [-0.05, 0) is 38.9 Å². The minimum Gasteiger partial charge on any atom is -0.330 e. The maximum atomic E-state index is 11.2. The van der Waals surface area contributed by atoms with E-state index in [2.05, 4.69) is 11.3 Å². The molecule has 3 nitrogen and oxygen atoms in total. The topological polar surface area (TPSA) is 46.3 Å². The first kappa shape index (κ1) is 9.68. The molecule has 3 heteroatoms. The third-order valence-corrected chi connectivity index (χ3v) is 2.12. The van der Waals surface area contributed by atoms with E-state index in [4.69, 9.17) is 5.73 Å². The normalized spacial score (nSPS) is 19.4. The molecule has 2 N–H and O–H groups in total. The van der Waals surface area contributed by atoms with Gasteiger partial charge in [-0.25, -0.2) is 0 Å². The van der Waals surface area contributed by atoms with Crippen molar-refractivity contribution in [3.63, 3.8) is 0 Å². The number of carbonyl (C=O) groups is 1. The lowest BCUT2D eigenvalue weighted by molar-refractivity contribution is -0.120. The Morgan fingerprint density at radius 3 is 2.67 bits per heavy atom. The Bertz CT molecular complexity index is 141. The van der Waals surface area contributed by atoms with Gasteiger partial charge < -0.3 is 5.73 Å². The van der Waals surface area contributed by atoms with Gasteiger partial charge in [0.1, 0.15) is 5.78 Å². The first-order valence-corrected chi connectivity index (χ1v) is 4.58. The van der Waals surface area contributed by atoms with Gasteiger partial charge in [0.2, 0.25) is 0 Å². The molecule has 0 atom stereocenters. The highest BCUT2D eigenvalue weighted by atomic mass is 16.1. The van der Waals surface area contributed by atoms with E-state index in [0.717, 1.165) is 25.9 Å². The number of Topliss-reactive ketones (excluding diaryl/α,β-unsaturated/α-hetero) is 1. The molecule has 0 aromatic carbocycles. The van der Waals surface area contributed by atoms with Gasteiger partial charge >= 0.3 is 0 Å². The van der Waals surface area contributed by atoms with E-state index in [9.17, 15) is 4.79 Å². The molecule has 1 aliphatic heterocycles. The summed E-state index contributed by atoms with van der Waals surface area (Å²) in [7, 11) is 0. The lowest BCUT2D eigenvalue weighted by Crippen LogP contribution is -2.35. The lowest BCUT2D eigenvalue weighted by atomic mass is 10.1. The van der Waals surface area contributed by atoms with Crippen LogP contribution in [-0.4, -0.2) is 36.9 Å². The monoisotopic (exact) mass is 169 g/mol.